The molecule has 1 aromatic carbocycles. The van der Waals surface area contributed by atoms with Crippen LogP contribution in [0.2, 0.25) is 0 Å². The summed E-state index contributed by atoms with van der Waals surface area (Å²) in [6.45, 7) is 0.195. The molecule has 14 heavy (non-hydrogen) atoms. The molecular formula is C8H11ClFNO2S. The number of sulfone groups is 1. The van der Waals surface area contributed by atoms with Crippen molar-refractivity contribution in [3.63, 3.8) is 0 Å². The van der Waals surface area contributed by atoms with E-state index in [0.29, 0.717) is 5.56 Å². The van der Waals surface area contributed by atoms with Crippen molar-refractivity contribution in [3.05, 3.63) is 29.6 Å². The van der Waals surface area contributed by atoms with E-state index in [1.807, 2.05) is 0 Å². The molecule has 0 amide bonds. The maximum atomic E-state index is 13.1. The first kappa shape index (κ1) is 13.4. The van der Waals surface area contributed by atoms with Crippen LogP contribution < -0.4 is 5.73 Å². The number of hydrogen-bond donors (Lipinski definition) is 1. The van der Waals surface area contributed by atoms with Gasteiger partial charge in [0.2, 0.25) is 0 Å². The SMILES string of the molecule is CS(=O)(=O)c1ccc(CN)cc1F.Cl. The highest BCUT2D eigenvalue weighted by Gasteiger charge is 2.12. The van der Waals surface area contributed by atoms with Gasteiger partial charge in [-0.25, -0.2) is 12.8 Å². The van der Waals surface area contributed by atoms with Crippen molar-refractivity contribution in [1.82, 2.24) is 0 Å². The fourth-order valence-electron chi connectivity index (χ4n) is 0.972. The lowest BCUT2D eigenvalue weighted by molar-refractivity contribution is 0.569. The predicted octanol–water partition coefficient (Wildman–Crippen LogP) is 1.11. The number of halogens is 2. The summed E-state index contributed by atoms with van der Waals surface area (Å²) in [5.41, 5.74) is 5.84. The van der Waals surface area contributed by atoms with Crippen LogP contribution in [0.25, 0.3) is 0 Å². The minimum absolute atomic E-state index is 0. The first-order valence-corrected chi connectivity index (χ1v) is 5.53. The molecular weight excluding hydrogens is 229 g/mol. The summed E-state index contributed by atoms with van der Waals surface area (Å²) in [6.07, 6.45) is 0.966. The van der Waals surface area contributed by atoms with Gasteiger partial charge in [0.15, 0.2) is 9.84 Å². The first-order valence-electron chi connectivity index (χ1n) is 3.63. The van der Waals surface area contributed by atoms with E-state index in [4.69, 9.17) is 5.73 Å². The van der Waals surface area contributed by atoms with E-state index in [-0.39, 0.29) is 23.8 Å². The zero-order chi connectivity index (χ0) is 10.1. The smallest absolute Gasteiger partial charge is 0.178 e. The molecule has 0 spiro atoms. The maximum Gasteiger partial charge on any atom is 0.178 e. The van der Waals surface area contributed by atoms with Gasteiger partial charge in [0.25, 0.3) is 0 Å². The standard InChI is InChI=1S/C8H10FNO2S.ClH/c1-13(11,12)8-3-2-6(5-10)4-7(8)9;/h2-4H,5,10H2,1H3;1H. The van der Waals surface area contributed by atoms with Crippen molar-refractivity contribution in [3.8, 4) is 0 Å². The third-order valence-corrected chi connectivity index (χ3v) is 2.76. The normalized spacial score (nSPS) is 10.8. The second kappa shape index (κ2) is 4.72. The topological polar surface area (TPSA) is 60.2 Å². The molecule has 0 heterocycles. The number of benzene rings is 1. The van der Waals surface area contributed by atoms with Crippen LogP contribution in [0, 0.1) is 5.82 Å². The predicted molar refractivity (Wildman–Crippen MR) is 54.6 cm³/mol. The van der Waals surface area contributed by atoms with Crippen molar-refractivity contribution >= 4 is 22.2 Å². The summed E-state index contributed by atoms with van der Waals surface area (Å²) < 4.78 is 35.1. The summed E-state index contributed by atoms with van der Waals surface area (Å²) in [4.78, 5) is -0.287. The molecule has 0 unspecified atom stereocenters. The van der Waals surface area contributed by atoms with E-state index in [0.717, 1.165) is 12.3 Å². The monoisotopic (exact) mass is 239 g/mol. The molecule has 0 aliphatic heterocycles. The average molecular weight is 240 g/mol. The van der Waals surface area contributed by atoms with Crippen LogP contribution in [-0.2, 0) is 16.4 Å². The van der Waals surface area contributed by atoms with Crippen molar-refractivity contribution in [2.45, 2.75) is 11.4 Å². The zero-order valence-corrected chi connectivity index (χ0v) is 9.16. The Morgan fingerprint density at radius 2 is 2.00 bits per heavy atom. The molecule has 3 nitrogen and oxygen atoms in total. The van der Waals surface area contributed by atoms with Gasteiger partial charge in [-0.3, -0.25) is 0 Å². The molecule has 0 saturated heterocycles. The molecule has 2 N–H and O–H groups in total. The van der Waals surface area contributed by atoms with E-state index in [1.165, 1.54) is 12.1 Å². The highest BCUT2D eigenvalue weighted by atomic mass is 35.5. The Kier molecular flexibility index (Phi) is 4.51. The molecule has 0 atom stereocenters. The molecule has 1 aromatic rings. The van der Waals surface area contributed by atoms with Gasteiger partial charge in [-0.2, -0.15) is 0 Å². The highest BCUT2D eigenvalue weighted by molar-refractivity contribution is 7.90. The van der Waals surface area contributed by atoms with Crippen LogP contribution >= 0.6 is 12.4 Å². The fourth-order valence-corrected chi connectivity index (χ4v) is 1.70. The molecule has 0 fully saturated rings. The summed E-state index contributed by atoms with van der Waals surface area (Å²) in [5.74, 6) is -0.745. The van der Waals surface area contributed by atoms with E-state index in [1.54, 1.807) is 0 Å². The molecule has 0 aliphatic rings. The Hall–Kier alpha value is -0.650. The quantitative estimate of drug-likeness (QED) is 0.841. The largest absolute Gasteiger partial charge is 0.326 e. The molecule has 80 valence electrons. The Bertz CT molecular complexity index is 419. The lowest BCUT2D eigenvalue weighted by Gasteiger charge is -2.02. The van der Waals surface area contributed by atoms with E-state index in [9.17, 15) is 12.8 Å². The van der Waals surface area contributed by atoms with Gasteiger partial charge in [0, 0.05) is 12.8 Å². The van der Waals surface area contributed by atoms with Crippen LogP contribution in [0.1, 0.15) is 5.56 Å². The fraction of sp³-hybridized carbons (Fsp3) is 0.250. The van der Waals surface area contributed by atoms with Crippen molar-refractivity contribution in [2.75, 3.05) is 6.26 Å². The highest BCUT2D eigenvalue weighted by Crippen LogP contribution is 2.15. The minimum Gasteiger partial charge on any atom is -0.326 e. The molecule has 0 aliphatic carbocycles. The van der Waals surface area contributed by atoms with Crippen LogP contribution in [0.5, 0.6) is 0 Å². The van der Waals surface area contributed by atoms with Crippen LogP contribution in [0.3, 0.4) is 0 Å². The van der Waals surface area contributed by atoms with E-state index < -0.39 is 15.7 Å². The van der Waals surface area contributed by atoms with Crippen LogP contribution in [-0.4, -0.2) is 14.7 Å². The van der Waals surface area contributed by atoms with Crippen LogP contribution in [0.15, 0.2) is 23.1 Å². The molecule has 0 saturated carbocycles. The maximum absolute atomic E-state index is 13.1. The first-order chi connectivity index (χ1) is 5.95. The van der Waals surface area contributed by atoms with Crippen molar-refractivity contribution in [2.24, 2.45) is 5.73 Å². The summed E-state index contributed by atoms with van der Waals surface area (Å²) in [6, 6.07) is 3.86. The third-order valence-electron chi connectivity index (χ3n) is 1.63. The molecule has 0 bridgehead atoms. The van der Waals surface area contributed by atoms with Gasteiger partial charge in [0.1, 0.15) is 10.7 Å². The molecule has 0 aromatic heterocycles. The summed E-state index contributed by atoms with van der Waals surface area (Å²) in [7, 11) is -3.47. The molecule has 1 rings (SSSR count). The summed E-state index contributed by atoms with van der Waals surface area (Å²) in [5, 5.41) is 0. The average Bonchev–Trinajstić information content (AvgIpc) is 2.01. The Morgan fingerprint density at radius 3 is 2.36 bits per heavy atom. The minimum atomic E-state index is -3.47. The number of nitrogens with two attached hydrogens (primary N) is 1. The Morgan fingerprint density at radius 1 is 1.43 bits per heavy atom. The van der Waals surface area contributed by atoms with Crippen molar-refractivity contribution < 1.29 is 12.8 Å². The van der Waals surface area contributed by atoms with Gasteiger partial charge in [-0.1, -0.05) is 6.07 Å². The second-order valence-corrected chi connectivity index (χ2v) is 4.73. The number of hydrogen-bond acceptors (Lipinski definition) is 3. The van der Waals surface area contributed by atoms with Crippen LogP contribution in [0.4, 0.5) is 4.39 Å². The molecule has 6 heteroatoms. The zero-order valence-electron chi connectivity index (χ0n) is 7.53. The van der Waals surface area contributed by atoms with E-state index >= 15 is 0 Å². The van der Waals surface area contributed by atoms with Gasteiger partial charge in [-0.15, -0.1) is 12.4 Å². The van der Waals surface area contributed by atoms with Gasteiger partial charge in [-0.05, 0) is 17.7 Å². The Labute approximate surface area is 88.4 Å². The van der Waals surface area contributed by atoms with Gasteiger partial charge in [0.05, 0.1) is 0 Å². The van der Waals surface area contributed by atoms with Gasteiger partial charge >= 0.3 is 0 Å². The van der Waals surface area contributed by atoms with Gasteiger partial charge < -0.3 is 5.73 Å². The number of rotatable bonds is 2. The third kappa shape index (κ3) is 2.94. The lowest BCUT2D eigenvalue weighted by atomic mass is 10.2. The second-order valence-electron chi connectivity index (χ2n) is 2.74. The molecule has 0 radical (unpaired) electrons. The Balaban J connectivity index is 0.00000169. The van der Waals surface area contributed by atoms with Crippen molar-refractivity contribution in [1.29, 1.82) is 0 Å². The van der Waals surface area contributed by atoms with E-state index in [2.05, 4.69) is 0 Å². The lowest BCUT2D eigenvalue weighted by Crippen LogP contribution is -2.03. The summed E-state index contributed by atoms with van der Waals surface area (Å²) >= 11 is 0.